The lowest BCUT2D eigenvalue weighted by Crippen LogP contribution is -2.38. The minimum Gasteiger partial charge on any atom is -0.378 e. The van der Waals surface area contributed by atoms with E-state index in [1.807, 2.05) is 4.90 Å². The Balaban J connectivity index is 1.66. The summed E-state index contributed by atoms with van der Waals surface area (Å²) in [7, 11) is 0. The second-order valence-corrected chi connectivity index (χ2v) is 8.41. The molecule has 3 heterocycles. The van der Waals surface area contributed by atoms with Gasteiger partial charge in [-0.2, -0.15) is 0 Å². The average molecular weight is 382 g/mol. The van der Waals surface area contributed by atoms with Crippen LogP contribution in [0.2, 0.25) is 0 Å². The molecule has 0 spiro atoms. The van der Waals surface area contributed by atoms with Crippen LogP contribution < -0.4 is 4.90 Å². The molecule has 0 bridgehead atoms. The number of ether oxygens (including phenoxy) is 1. The van der Waals surface area contributed by atoms with Gasteiger partial charge < -0.3 is 14.5 Å². The van der Waals surface area contributed by atoms with Crippen molar-refractivity contribution in [1.29, 1.82) is 0 Å². The first-order chi connectivity index (χ1) is 12.6. The van der Waals surface area contributed by atoms with E-state index in [2.05, 4.69) is 33.5 Å². The maximum atomic E-state index is 12.6. The van der Waals surface area contributed by atoms with E-state index >= 15 is 0 Å². The molecule has 1 aromatic heterocycles. The van der Waals surface area contributed by atoms with Crippen molar-refractivity contribution in [1.82, 2.24) is 19.7 Å². The zero-order chi connectivity index (χ0) is 18.4. The third-order valence-corrected chi connectivity index (χ3v) is 5.77. The van der Waals surface area contributed by atoms with Crippen LogP contribution in [0.3, 0.4) is 0 Å². The number of likely N-dealkylation sites (tertiary alicyclic amines) is 1. The molecule has 1 amide bonds. The standard InChI is InChI=1S/C18H31N5O2S/c1-15(2)13-23-17(22-9-11-25-12-10-22)19-20-18(23)26-14-16(24)21-7-5-3-4-6-8-21/h15H,3-14H2,1-2H3. The average Bonchev–Trinajstić information content (AvgIpc) is 2.84. The number of carbonyl (C=O) groups is 1. The summed E-state index contributed by atoms with van der Waals surface area (Å²) in [5, 5.41) is 9.69. The topological polar surface area (TPSA) is 63.5 Å². The monoisotopic (exact) mass is 381 g/mol. The van der Waals surface area contributed by atoms with E-state index in [1.165, 1.54) is 24.6 Å². The Bertz CT molecular complexity index is 578. The van der Waals surface area contributed by atoms with E-state index in [-0.39, 0.29) is 5.91 Å². The number of rotatable bonds is 6. The number of amides is 1. The lowest BCUT2D eigenvalue weighted by atomic mass is 10.2. The summed E-state index contributed by atoms with van der Waals surface area (Å²) in [6, 6.07) is 0. The maximum absolute atomic E-state index is 12.6. The van der Waals surface area contributed by atoms with Crippen molar-refractivity contribution in [2.45, 2.75) is 51.2 Å². The largest absolute Gasteiger partial charge is 0.378 e. The van der Waals surface area contributed by atoms with E-state index in [1.54, 1.807) is 0 Å². The van der Waals surface area contributed by atoms with Gasteiger partial charge >= 0.3 is 0 Å². The minimum absolute atomic E-state index is 0.226. The van der Waals surface area contributed by atoms with Crippen molar-refractivity contribution in [3.05, 3.63) is 0 Å². The van der Waals surface area contributed by atoms with E-state index in [0.717, 1.165) is 69.9 Å². The van der Waals surface area contributed by atoms with Gasteiger partial charge in [0.05, 0.1) is 19.0 Å². The van der Waals surface area contributed by atoms with Crippen LogP contribution in [0.5, 0.6) is 0 Å². The molecule has 0 unspecified atom stereocenters. The Morgan fingerprint density at radius 2 is 1.77 bits per heavy atom. The highest BCUT2D eigenvalue weighted by Crippen LogP contribution is 2.24. The van der Waals surface area contributed by atoms with E-state index in [9.17, 15) is 4.79 Å². The summed E-state index contributed by atoms with van der Waals surface area (Å²) in [5.41, 5.74) is 0. The highest BCUT2D eigenvalue weighted by atomic mass is 32.2. The molecular formula is C18H31N5O2S. The zero-order valence-electron chi connectivity index (χ0n) is 16.0. The first-order valence-corrected chi connectivity index (χ1v) is 10.8. The first-order valence-electron chi connectivity index (χ1n) is 9.81. The Labute approximate surface area is 160 Å². The predicted molar refractivity (Wildman–Crippen MR) is 104 cm³/mol. The lowest BCUT2D eigenvalue weighted by molar-refractivity contribution is -0.128. The second kappa shape index (κ2) is 9.60. The third-order valence-electron chi connectivity index (χ3n) is 4.82. The fraction of sp³-hybridized carbons (Fsp3) is 0.833. The normalized spacial score (nSPS) is 19.0. The van der Waals surface area contributed by atoms with Crippen molar-refractivity contribution in [3.8, 4) is 0 Å². The van der Waals surface area contributed by atoms with E-state index in [4.69, 9.17) is 4.74 Å². The summed E-state index contributed by atoms with van der Waals surface area (Å²) < 4.78 is 7.63. The number of hydrogen-bond donors (Lipinski definition) is 0. The molecule has 7 nitrogen and oxygen atoms in total. The molecule has 2 aliphatic rings. The summed E-state index contributed by atoms with van der Waals surface area (Å²) in [5.74, 6) is 2.07. The molecule has 0 radical (unpaired) electrons. The van der Waals surface area contributed by atoms with Gasteiger partial charge in [-0.25, -0.2) is 0 Å². The molecular weight excluding hydrogens is 350 g/mol. The fourth-order valence-corrected chi connectivity index (χ4v) is 4.29. The van der Waals surface area contributed by atoms with Gasteiger partial charge in [0.15, 0.2) is 5.16 Å². The molecule has 8 heteroatoms. The summed E-state index contributed by atoms with van der Waals surface area (Å²) >= 11 is 1.52. The second-order valence-electron chi connectivity index (χ2n) is 7.47. The fourth-order valence-electron chi connectivity index (χ4n) is 3.45. The van der Waals surface area contributed by atoms with Crippen molar-refractivity contribution in [2.24, 2.45) is 5.92 Å². The molecule has 2 aliphatic heterocycles. The van der Waals surface area contributed by atoms with E-state index in [0.29, 0.717) is 11.7 Å². The van der Waals surface area contributed by atoms with Crippen molar-refractivity contribution >= 4 is 23.6 Å². The van der Waals surface area contributed by atoms with Crippen LogP contribution in [0.1, 0.15) is 39.5 Å². The van der Waals surface area contributed by atoms with Gasteiger partial charge in [-0.05, 0) is 18.8 Å². The summed E-state index contributed by atoms with van der Waals surface area (Å²) in [4.78, 5) is 16.8. The van der Waals surface area contributed by atoms with Gasteiger partial charge in [-0.3, -0.25) is 9.36 Å². The number of carbonyl (C=O) groups excluding carboxylic acids is 1. The van der Waals surface area contributed by atoms with Crippen LogP contribution in [0.25, 0.3) is 0 Å². The SMILES string of the molecule is CC(C)Cn1c(SCC(=O)N2CCCCCC2)nnc1N1CCOCC1. The molecule has 0 saturated carbocycles. The molecule has 0 N–H and O–H groups in total. The first kappa shape index (κ1) is 19.5. The van der Waals surface area contributed by atoms with E-state index < -0.39 is 0 Å². The van der Waals surface area contributed by atoms with Crippen molar-refractivity contribution in [2.75, 3.05) is 50.0 Å². The summed E-state index contributed by atoms with van der Waals surface area (Å²) in [6.07, 6.45) is 4.73. The maximum Gasteiger partial charge on any atom is 0.233 e. The molecule has 3 rings (SSSR count). The van der Waals surface area contributed by atoms with Gasteiger partial charge in [0, 0.05) is 32.7 Å². The zero-order valence-corrected chi connectivity index (χ0v) is 16.8. The molecule has 26 heavy (non-hydrogen) atoms. The highest BCUT2D eigenvalue weighted by Gasteiger charge is 2.23. The number of anilines is 1. The van der Waals surface area contributed by atoms with Crippen LogP contribution in [-0.4, -0.2) is 70.7 Å². The van der Waals surface area contributed by atoms with Crippen LogP contribution in [0.15, 0.2) is 5.16 Å². The highest BCUT2D eigenvalue weighted by molar-refractivity contribution is 7.99. The Morgan fingerprint density at radius 3 is 2.42 bits per heavy atom. The van der Waals surface area contributed by atoms with Crippen molar-refractivity contribution < 1.29 is 9.53 Å². The predicted octanol–water partition coefficient (Wildman–Crippen LogP) is 2.27. The Kier molecular flexibility index (Phi) is 7.19. The van der Waals surface area contributed by atoms with Crippen LogP contribution in [0.4, 0.5) is 5.95 Å². The Hall–Kier alpha value is -1.28. The van der Waals surface area contributed by atoms with Gasteiger partial charge in [0.2, 0.25) is 11.9 Å². The molecule has 0 aromatic carbocycles. The number of nitrogens with zero attached hydrogens (tertiary/aromatic N) is 5. The molecule has 0 aliphatic carbocycles. The smallest absolute Gasteiger partial charge is 0.233 e. The van der Waals surface area contributed by atoms with Crippen molar-refractivity contribution in [3.63, 3.8) is 0 Å². The molecule has 2 saturated heterocycles. The quantitative estimate of drug-likeness (QED) is 0.705. The summed E-state index contributed by atoms with van der Waals surface area (Å²) in [6.45, 7) is 10.2. The molecule has 1 aromatic rings. The Morgan fingerprint density at radius 1 is 1.08 bits per heavy atom. The lowest BCUT2D eigenvalue weighted by Gasteiger charge is -2.28. The van der Waals surface area contributed by atoms with Gasteiger partial charge in [-0.1, -0.05) is 38.5 Å². The van der Waals surface area contributed by atoms with Crippen LogP contribution in [-0.2, 0) is 16.1 Å². The molecule has 146 valence electrons. The number of hydrogen-bond acceptors (Lipinski definition) is 6. The number of morpholine rings is 1. The number of aromatic nitrogens is 3. The molecule has 2 fully saturated rings. The van der Waals surface area contributed by atoms with Gasteiger partial charge in [-0.15, -0.1) is 10.2 Å². The van der Waals surface area contributed by atoms with Gasteiger partial charge in [0.25, 0.3) is 0 Å². The van der Waals surface area contributed by atoms with Crippen LogP contribution >= 0.6 is 11.8 Å². The van der Waals surface area contributed by atoms with Gasteiger partial charge in [0.1, 0.15) is 0 Å². The number of thioether (sulfide) groups is 1. The third kappa shape index (κ3) is 5.13. The minimum atomic E-state index is 0.226. The molecule has 0 atom stereocenters. The van der Waals surface area contributed by atoms with Crippen LogP contribution in [0, 0.1) is 5.92 Å².